The molecule has 0 spiro atoms. The Bertz CT molecular complexity index is 887. The number of likely N-dealkylation sites (tertiary alicyclic amines) is 1. The summed E-state index contributed by atoms with van der Waals surface area (Å²) in [5.74, 6) is 0.115. The molecule has 3 aliphatic rings. The predicted molar refractivity (Wildman–Crippen MR) is 118 cm³/mol. The molecular formula is C22H32N4O4S. The number of benzene rings is 1. The number of rotatable bonds is 5. The number of hydrogen-bond donors (Lipinski definition) is 0. The van der Waals surface area contributed by atoms with Crippen molar-refractivity contribution >= 4 is 22.0 Å². The van der Waals surface area contributed by atoms with Crippen molar-refractivity contribution in [3.8, 4) is 0 Å². The summed E-state index contributed by atoms with van der Waals surface area (Å²) in [5.41, 5.74) is 1.61. The lowest BCUT2D eigenvalue weighted by Gasteiger charge is -2.36. The molecule has 0 radical (unpaired) electrons. The van der Waals surface area contributed by atoms with E-state index in [9.17, 15) is 18.0 Å². The second kappa shape index (κ2) is 9.67. The zero-order chi connectivity index (χ0) is 21.8. The molecule has 0 aromatic heterocycles. The molecule has 4 rings (SSSR count). The van der Waals surface area contributed by atoms with Gasteiger partial charge in [-0.1, -0.05) is 25.0 Å². The molecule has 3 saturated heterocycles. The summed E-state index contributed by atoms with van der Waals surface area (Å²) in [5, 5.41) is 0. The van der Waals surface area contributed by atoms with Gasteiger partial charge in [-0.15, -0.1) is 0 Å². The number of nitrogens with zero attached hydrogens (tertiary/aromatic N) is 4. The van der Waals surface area contributed by atoms with Gasteiger partial charge in [-0.25, -0.2) is 0 Å². The zero-order valence-corrected chi connectivity index (χ0v) is 18.9. The molecule has 3 aliphatic heterocycles. The first kappa shape index (κ1) is 22.2. The second-order valence-corrected chi connectivity index (χ2v) is 10.6. The molecule has 31 heavy (non-hydrogen) atoms. The van der Waals surface area contributed by atoms with Crippen molar-refractivity contribution in [1.29, 1.82) is 0 Å². The third kappa shape index (κ3) is 5.10. The standard InChI is InChI=1S/C22H32N4O4S/c27-21-6-5-11-24(21)18-19-7-9-20(10-8-19)22(28)23-14-16-26(17-15-23)31(29,30)25-12-3-1-2-4-13-25/h7-10H,1-6,11-18H2. The van der Waals surface area contributed by atoms with Gasteiger partial charge in [0, 0.05) is 64.3 Å². The van der Waals surface area contributed by atoms with Gasteiger partial charge in [0.1, 0.15) is 0 Å². The summed E-state index contributed by atoms with van der Waals surface area (Å²) in [7, 11) is -3.45. The summed E-state index contributed by atoms with van der Waals surface area (Å²) < 4.78 is 29.1. The summed E-state index contributed by atoms with van der Waals surface area (Å²) in [4.78, 5) is 28.3. The van der Waals surface area contributed by atoms with Crippen LogP contribution in [0.15, 0.2) is 24.3 Å². The van der Waals surface area contributed by atoms with E-state index < -0.39 is 10.2 Å². The van der Waals surface area contributed by atoms with Crippen molar-refractivity contribution in [1.82, 2.24) is 18.4 Å². The van der Waals surface area contributed by atoms with Crippen molar-refractivity contribution in [3.05, 3.63) is 35.4 Å². The van der Waals surface area contributed by atoms with Crippen LogP contribution in [0.2, 0.25) is 0 Å². The molecule has 1 aromatic carbocycles. The van der Waals surface area contributed by atoms with E-state index in [-0.39, 0.29) is 11.8 Å². The highest BCUT2D eigenvalue weighted by molar-refractivity contribution is 7.86. The van der Waals surface area contributed by atoms with Crippen LogP contribution >= 0.6 is 0 Å². The average molecular weight is 449 g/mol. The van der Waals surface area contributed by atoms with Gasteiger partial charge in [0.15, 0.2) is 0 Å². The predicted octanol–water partition coefficient (Wildman–Crippen LogP) is 1.69. The number of carbonyl (C=O) groups is 2. The van der Waals surface area contributed by atoms with E-state index in [1.54, 1.807) is 21.3 Å². The van der Waals surface area contributed by atoms with Crippen LogP contribution in [0.3, 0.4) is 0 Å². The van der Waals surface area contributed by atoms with E-state index in [2.05, 4.69) is 0 Å². The Hall–Kier alpha value is -1.97. The molecule has 0 aliphatic carbocycles. The highest BCUT2D eigenvalue weighted by Crippen LogP contribution is 2.19. The van der Waals surface area contributed by atoms with Gasteiger partial charge in [0.05, 0.1) is 0 Å². The molecule has 170 valence electrons. The average Bonchev–Trinajstić information content (AvgIpc) is 3.02. The molecule has 1 aromatic rings. The first-order chi connectivity index (χ1) is 14.9. The van der Waals surface area contributed by atoms with Crippen LogP contribution in [-0.2, 0) is 21.5 Å². The Morgan fingerprint density at radius 1 is 0.774 bits per heavy atom. The zero-order valence-electron chi connectivity index (χ0n) is 18.0. The lowest BCUT2D eigenvalue weighted by atomic mass is 10.1. The fourth-order valence-electron chi connectivity index (χ4n) is 4.58. The third-order valence-corrected chi connectivity index (χ3v) is 8.52. The topological polar surface area (TPSA) is 81.2 Å². The van der Waals surface area contributed by atoms with Crippen LogP contribution in [0.1, 0.15) is 54.4 Å². The Morgan fingerprint density at radius 2 is 1.39 bits per heavy atom. The molecule has 0 N–H and O–H groups in total. The van der Waals surface area contributed by atoms with Crippen molar-refractivity contribution in [2.75, 3.05) is 45.8 Å². The van der Waals surface area contributed by atoms with Crippen LogP contribution in [-0.4, -0.2) is 84.5 Å². The molecule has 0 bridgehead atoms. The smallest absolute Gasteiger partial charge is 0.282 e. The minimum absolute atomic E-state index is 0.0735. The van der Waals surface area contributed by atoms with Gasteiger partial charge in [-0.2, -0.15) is 17.0 Å². The molecular weight excluding hydrogens is 416 g/mol. The van der Waals surface area contributed by atoms with Gasteiger partial charge in [-0.05, 0) is 37.0 Å². The Morgan fingerprint density at radius 3 is 1.97 bits per heavy atom. The van der Waals surface area contributed by atoms with Crippen LogP contribution in [0.25, 0.3) is 0 Å². The first-order valence-electron chi connectivity index (χ1n) is 11.4. The maximum Gasteiger partial charge on any atom is 0.282 e. The number of hydrogen-bond acceptors (Lipinski definition) is 4. The molecule has 8 nitrogen and oxygen atoms in total. The fraction of sp³-hybridized carbons (Fsp3) is 0.636. The van der Waals surface area contributed by atoms with Crippen molar-refractivity contribution < 1.29 is 18.0 Å². The molecule has 3 fully saturated rings. The SMILES string of the molecule is O=C1CCCN1Cc1ccc(C(=O)N2CCN(S(=O)(=O)N3CCCCCC3)CC2)cc1. The Labute approximate surface area is 185 Å². The van der Waals surface area contributed by atoms with Gasteiger partial charge in [0.25, 0.3) is 16.1 Å². The summed E-state index contributed by atoms with van der Waals surface area (Å²) in [6.45, 7) is 4.03. The Kier molecular flexibility index (Phi) is 6.93. The molecule has 0 atom stereocenters. The first-order valence-corrected chi connectivity index (χ1v) is 12.8. The molecule has 2 amide bonds. The summed E-state index contributed by atoms with van der Waals surface area (Å²) >= 11 is 0. The van der Waals surface area contributed by atoms with Gasteiger partial charge in [-0.3, -0.25) is 9.59 Å². The van der Waals surface area contributed by atoms with Crippen molar-refractivity contribution in [2.45, 2.75) is 45.1 Å². The molecule has 0 unspecified atom stereocenters. The minimum atomic E-state index is -3.45. The van der Waals surface area contributed by atoms with E-state index in [0.29, 0.717) is 57.8 Å². The van der Waals surface area contributed by atoms with Crippen LogP contribution in [0.4, 0.5) is 0 Å². The lowest BCUT2D eigenvalue weighted by molar-refractivity contribution is -0.128. The van der Waals surface area contributed by atoms with Gasteiger partial charge >= 0.3 is 0 Å². The third-order valence-electron chi connectivity index (χ3n) is 6.49. The van der Waals surface area contributed by atoms with E-state index in [4.69, 9.17) is 0 Å². The van der Waals surface area contributed by atoms with E-state index >= 15 is 0 Å². The highest BCUT2D eigenvalue weighted by Gasteiger charge is 2.33. The van der Waals surface area contributed by atoms with Crippen LogP contribution < -0.4 is 0 Å². The van der Waals surface area contributed by atoms with Crippen LogP contribution in [0.5, 0.6) is 0 Å². The maximum absolute atomic E-state index is 13.0. The number of carbonyl (C=O) groups excluding carboxylic acids is 2. The number of amides is 2. The molecule has 3 heterocycles. The minimum Gasteiger partial charge on any atom is -0.338 e. The summed E-state index contributed by atoms with van der Waals surface area (Å²) in [6, 6.07) is 7.41. The number of piperazine rings is 1. The monoisotopic (exact) mass is 448 g/mol. The Balaban J connectivity index is 1.32. The maximum atomic E-state index is 13.0. The highest BCUT2D eigenvalue weighted by atomic mass is 32.2. The van der Waals surface area contributed by atoms with E-state index in [0.717, 1.165) is 44.2 Å². The van der Waals surface area contributed by atoms with Crippen molar-refractivity contribution in [2.24, 2.45) is 0 Å². The summed E-state index contributed by atoms with van der Waals surface area (Å²) in [6.07, 6.45) is 5.53. The lowest BCUT2D eigenvalue weighted by Crippen LogP contribution is -2.54. The van der Waals surface area contributed by atoms with E-state index in [1.807, 2.05) is 17.0 Å². The van der Waals surface area contributed by atoms with E-state index in [1.165, 1.54) is 4.31 Å². The normalized spacial score (nSPS) is 22.0. The quantitative estimate of drug-likeness (QED) is 0.687. The molecule has 9 heteroatoms. The van der Waals surface area contributed by atoms with Gasteiger partial charge in [0.2, 0.25) is 5.91 Å². The molecule has 0 saturated carbocycles. The fourth-order valence-corrected chi connectivity index (χ4v) is 6.26. The second-order valence-electron chi connectivity index (χ2n) is 8.63. The van der Waals surface area contributed by atoms with Gasteiger partial charge < -0.3 is 9.80 Å². The largest absolute Gasteiger partial charge is 0.338 e. The van der Waals surface area contributed by atoms with Crippen molar-refractivity contribution in [3.63, 3.8) is 0 Å². The van der Waals surface area contributed by atoms with Crippen LogP contribution in [0, 0.1) is 0 Å².